The quantitative estimate of drug-likeness (QED) is 0.799. The number of benzene rings is 1. The zero-order valence-electron chi connectivity index (χ0n) is 13.9. The highest BCUT2D eigenvalue weighted by molar-refractivity contribution is 5.42. The van der Waals surface area contributed by atoms with E-state index in [1.54, 1.807) is 21.3 Å². The number of methoxy groups -OCH3 is 3. The number of nitrogens with one attached hydrogen (secondary N) is 1. The van der Waals surface area contributed by atoms with Crippen LogP contribution in [0.25, 0.3) is 0 Å². The van der Waals surface area contributed by atoms with Gasteiger partial charge < -0.3 is 24.3 Å². The molecule has 0 aliphatic rings. The van der Waals surface area contributed by atoms with E-state index in [0.29, 0.717) is 30.4 Å². The molecule has 1 N–H and O–H groups in total. The summed E-state index contributed by atoms with van der Waals surface area (Å²) in [7, 11) is 4.90. The fraction of sp³-hybridized carbons (Fsp3) is 0.625. The first-order chi connectivity index (χ1) is 9.87. The van der Waals surface area contributed by atoms with Gasteiger partial charge in [-0.05, 0) is 20.8 Å². The lowest BCUT2D eigenvalue weighted by Gasteiger charge is -2.26. The van der Waals surface area contributed by atoms with E-state index in [-0.39, 0.29) is 11.6 Å². The van der Waals surface area contributed by atoms with Crippen molar-refractivity contribution >= 4 is 0 Å². The van der Waals surface area contributed by atoms with Gasteiger partial charge in [0.05, 0.1) is 20.8 Å². The van der Waals surface area contributed by atoms with Crippen molar-refractivity contribution in [1.29, 1.82) is 0 Å². The van der Waals surface area contributed by atoms with Crippen molar-refractivity contribution in [2.24, 2.45) is 0 Å². The van der Waals surface area contributed by atoms with Crippen LogP contribution >= 0.6 is 0 Å². The first-order valence-electron chi connectivity index (χ1n) is 7.01. The largest absolute Gasteiger partial charge is 0.496 e. The second-order valence-corrected chi connectivity index (χ2v) is 5.87. The molecule has 1 rings (SSSR count). The van der Waals surface area contributed by atoms with Crippen LogP contribution in [0.2, 0.25) is 0 Å². The van der Waals surface area contributed by atoms with E-state index in [1.807, 2.05) is 18.2 Å². The molecular formula is C16H27NO4. The van der Waals surface area contributed by atoms with E-state index in [0.717, 1.165) is 0 Å². The fourth-order valence-corrected chi connectivity index (χ4v) is 1.78. The van der Waals surface area contributed by atoms with Gasteiger partial charge in [0.2, 0.25) is 0 Å². The highest BCUT2D eigenvalue weighted by Crippen LogP contribution is 2.28. The molecule has 0 saturated heterocycles. The minimum atomic E-state index is -0.0916. The van der Waals surface area contributed by atoms with E-state index in [2.05, 4.69) is 26.1 Å². The molecule has 5 heteroatoms. The van der Waals surface area contributed by atoms with E-state index in [1.165, 1.54) is 0 Å². The third-order valence-electron chi connectivity index (χ3n) is 2.84. The maximum absolute atomic E-state index is 5.99. The predicted molar refractivity (Wildman–Crippen MR) is 83.6 cm³/mol. The Hall–Kier alpha value is -1.46. The van der Waals surface area contributed by atoms with Crippen molar-refractivity contribution in [2.75, 3.05) is 34.5 Å². The topological polar surface area (TPSA) is 49.0 Å². The van der Waals surface area contributed by atoms with Gasteiger partial charge in [-0.15, -0.1) is 0 Å². The Kier molecular flexibility index (Phi) is 6.78. The van der Waals surface area contributed by atoms with Crippen LogP contribution in [0.5, 0.6) is 17.2 Å². The maximum Gasteiger partial charge on any atom is 0.134 e. The zero-order chi connectivity index (χ0) is 15.9. The van der Waals surface area contributed by atoms with Gasteiger partial charge in [0.25, 0.3) is 0 Å². The standard InChI is InChI=1S/C16H27NO4/c1-16(2,3)17-10-15(11-18-4)21-14-8-12(19-5)7-13(9-14)20-6/h7-9,15,17H,10-11H2,1-6H3. The lowest BCUT2D eigenvalue weighted by molar-refractivity contribution is 0.0762. The molecular weight excluding hydrogens is 270 g/mol. The molecule has 5 nitrogen and oxygen atoms in total. The van der Waals surface area contributed by atoms with Gasteiger partial charge in [0.1, 0.15) is 23.4 Å². The maximum atomic E-state index is 5.99. The molecule has 0 amide bonds. The predicted octanol–water partition coefficient (Wildman–Crippen LogP) is 2.49. The molecule has 0 aliphatic heterocycles. The van der Waals surface area contributed by atoms with Crippen LogP contribution in [0, 0.1) is 0 Å². The van der Waals surface area contributed by atoms with Gasteiger partial charge in [0.15, 0.2) is 0 Å². The minimum Gasteiger partial charge on any atom is -0.496 e. The number of hydrogen-bond donors (Lipinski definition) is 1. The Balaban J connectivity index is 2.77. The van der Waals surface area contributed by atoms with Crippen molar-refractivity contribution in [3.05, 3.63) is 18.2 Å². The lowest BCUT2D eigenvalue weighted by atomic mass is 10.1. The molecule has 0 bridgehead atoms. The molecule has 1 unspecified atom stereocenters. The normalized spacial score (nSPS) is 12.9. The van der Waals surface area contributed by atoms with Crippen molar-refractivity contribution in [3.63, 3.8) is 0 Å². The first kappa shape index (κ1) is 17.6. The van der Waals surface area contributed by atoms with Crippen LogP contribution in [-0.4, -0.2) is 46.1 Å². The Morgan fingerprint density at radius 3 is 1.90 bits per heavy atom. The van der Waals surface area contributed by atoms with Gasteiger partial charge >= 0.3 is 0 Å². The summed E-state index contributed by atoms with van der Waals surface area (Å²) >= 11 is 0. The van der Waals surface area contributed by atoms with Crippen molar-refractivity contribution in [3.8, 4) is 17.2 Å². The van der Waals surface area contributed by atoms with Gasteiger partial charge in [-0.2, -0.15) is 0 Å². The minimum absolute atomic E-state index is 0.0292. The fourth-order valence-electron chi connectivity index (χ4n) is 1.78. The molecule has 0 spiro atoms. The number of ether oxygens (including phenoxy) is 4. The summed E-state index contributed by atoms with van der Waals surface area (Å²) in [6.07, 6.45) is -0.0916. The van der Waals surface area contributed by atoms with Gasteiger partial charge in [0, 0.05) is 37.4 Å². The summed E-state index contributed by atoms with van der Waals surface area (Å²) in [5.41, 5.74) is 0.0292. The summed E-state index contributed by atoms with van der Waals surface area (Å²) in [5, 5.41) is 3.42. The van der Waals surface area contributed by atoms with E-state index >= 15 is 0 Å². The third-order valence-corrected chi connectivity index (χ3v) is 2.84. The first-order valence-corrected chi connectivity index (χ1v) is 7.01. The SMILES string of the molecule is COCC(CNC(C)(C)C)Oc1cc(OC)cc(OC)c1. The van der Waals surface area contributed by atoms with Crippen molar-refractivity contribution in [1.82, 2.24) is 5.32 Å². The highest BCUT2D eigenvalue weighted by atomic mass is 16.5. The van der Waals surface area contributed by atoms with Crippen LogP contribution in [-0.2, 0) is 4.74 Å². The monoisotopic (exact) mass is 297 g/mol. The Morgan fingerprint density at radius 2 is 1.48 bits per heavy atom. The summed E-state index contributed by atoms with van der Waals surface area (Å²) in [6, 6.07) is 5.48. The summed E-state index contributed by atoms with van der Waals surface area (Å²) in [5.74, 6) is 2.09. The molecule has 0 aliphatic carbocycles. The smallest absolute Gasteiger partial charge is 0.134 e. The van der Waals surface area contributed by atoms with Crippen molar-refractivity contribution < 1.29 is 18.9 Å². The van der Waals surface area contributed by atoms with Gasteiger partial charge in [-0.25, -0.2) is 0 Å². The second-order valence-electron chi connectivity index (χ2n) is 5.87. The van der Waals surface area contributed by atoms with Crippen LogP contribution in [0.4, 0.5) is 0 Å². The third kappa shape index (κ3) is 6.69. The lowest BCUT2D eigenvalue weighted by Crippen LogP contribution is -2.44. The van der Waals surface area contributed by atoms with E-state index < -0.39 is 0 Å². The number of hydrogen-bond acceptors (Lipinski definition) is 5. The Morgan fingerprint density at radius 1 is 0.952 bits per heavy atom. The molecule has 1 atom stereocenters. The van der Waals surface area contributed by atoms with E-state index in [9.17, 15) is 0 Å². The van der Waals surface area contributed by atoms with Crippen LogP contribution < -0.4 is 19.5 Å². The molecule has 0 fully saturated rings. The summed E-state index contributed by atoms with van der Waals surface area (Å²) in [6.45, 7) is 7.54. The van der Waals surface area contributed by atoms with Gasteiger partial charge in [-0.3, -0.25) is 0 Å². The molecule has 0 heterocycles. The molecule has 21 heavy (non-hydrogen) atoms. The molecule has 0 aromatic heterocycles. The zero-order valence-corrected chi connectivity index (χ0v) is 13.9. The van der Waals surface area contributed by atoms with Gasteiger partial charge in [-0.1, -0.05) is 0 Å². The second kappa shape index (κ2) is 8.10. The van der Waals surface area contributed by atoms with Crippen LogP contribution in [0.15, 0.2) is 18.2 Å². The van der Waals surface area contributed by atoms with Crippen LogP contribution in [0.1, 0.15) is 20.8 Å². The number of rotatable bonds is 8. The molecule has 1 aromatic carbocycles. The Bertz CT molecular complexity index is 407. The highest BCUT2D eigenvalue weighted by Gasteiger charge is 2.16. The Labute approximate surface area is 127 Å². The van der Waals surface area contributed by atoms with Crippen LogP contribution in [0.3, 0.4) is 0 Å². The van der Waals surface area contributed by atoms with E-state index in [4.69, 9.17) is 18.9 Å². The average molecular weight is 297 g/mol. The average Bonchev–Trinajstić information content (AvgIpc) is 2.43. The molecule has 120 valence electrons. The summed E-state index contributed by atoms with van der Waals surface area (Å²) in [4.78, 5) is 0. The molecule has 0 radical (unpaired) electrons. The van der Waals surface area contributed by atoms with Crippen molar-refractivity contribution in [2.45, 2.75) is 32.4 Å². The molecule has 1 aromatic rings. The summed E-state index contributed by atoms with van der Waals surface area (Å²) < 4.78 is 21.7. The molecule has 0 saturated carbocycles.